The monoisotopic (exact) mass is 391 g/mol. The zero-order valence-corrected chi connectivity index (χ0v) is 19.5. The number of nitroso groups, excluding NO2 is 1. The molecule has 1 aliphatic heterocycles. The van der Waals surface area contributed by atoms with Crippen molar-refractivity contribution in [3.05, 3.63) is 40.9 Å². The minimum atomic E-state index is 0.144. The number of allylic oxidation sites excluding steroid dienone is 4. The van der Waals surface area contributed by atoms with Crippen LogP contribution in [0.25, 0.3) is 0 Å². The molecule has 1 N–H and O–H groups in total. The van der Waals surface area contributed by atoms with E-state index in [0.717, 1.165) is 13.0 Å². The molecule has 0 amide bonds. The van der Waals surface area contributed by atoms with Crippen molar-refractivity contribution >= 4 is 0 Å². The summed E-state index contributed by atoms with van der Waals surface area (Å²) in [6, 6.07) is 0. The molecule has 0 spiro atoms. The first-order valence-electron chi connectivity index (χ1n) is 10.5. The fourth-order valence-electron chi connectivity index (χ4n) is 2.36. The summed E-state index contributed by atoms with van der Waals surface area (Å²) < 4.78 is 0. The Hall–Kier alpha value is -1.70. The first kappa shape index (κ1) is 31.0. The molecule has 0 unspecified atom stereocenters. The van der Waals surface area contributed by atoms with E-state index in [1.165, 1.54) is 31.5 Å². The average Bonchev–Trinajstić information content (AvgIpc) is 3.23. The van der Waals surface area contributed by atoms with Gasteiger partial charge in [0, 0.05) is 18.6 Å². The zero-order valence-electron chi connectivity index (χ0n) is 19.5. The van der Waals surface area contributed by atoms with E-state index in [1.807, 2.05) is 13.8 Å². The normalized spacial score (nSPS) is 14.5. The average molecular weight is 392 g/mol. The third-order valence-electron chi connectivity index (χ3n) is 4.18. The lowest BCUT2D eigenvalue weighted by Gasteiger charge is -2.23. The van der Waals surface area contributed by atoms with Crippen LogP contribution >= 0.6 is 0 Å². The maximum absolute atomic E-state index is 9.69. The Balaban J connectivity index is -0.000000394. The van der Waals surface area contributed by atoms with Gasteiger partial charge in [-0.15, -0.1) is 12.8 Å². The second-order valence-corrected chi connectivity index (χ2v) is 6.77. The van der Waals surface area contributed by atoms with Gasteiger partial charge in [0.1, 0.15) is 0 Å². The molecule has 0 aromatic carbocycles. The van der Waals surface area contributed by atoms with Gasteiger partial charge in [-0.05, 0) is 65.6 Å². The molecule has 0 aromatic rings. The molecular formula is C24H45N3O. The molecule has 162 valence electrons. The smallest absolute Gasteiger partial charge is 0.0935 e. The van der Waals surface area contributed by atoms with Gasteiger partial charge in [0.2, 0.25) is 0 Å². The Morgan fingerprint density at radius 1 is 1.14 bits per heavy atom. The van der Waals surface area contributed by atoms with Crippen molar-refractivity contribution in [2.75, 3.05) is 32.7 Å². The first-order valence-corrected chi connectivity index (χ1v) is 10.5. The predicted molar refractivity (Wildman–Crippen MR) is 128 cm³/mol. The Labute approximate surface area is 175 Å². The summed E-state index contributed by atoms with van der Waals surface area (Å²) in [5.74, 6) is 0. The summed E-state index contributed by atoms with van der Waals surface area (Å²) >= 11 is 0. The predicted octanol–water partition coefficient (Wildman–Crippen LogP) is 5.97. The van der Waals surface area contributed by atoms with Crippen LogP contribution in [0.4, 0.5) is 0 Å². The lowest BCUT2D eigenvalue weighted by molar-refractivity contribution is 0.371. The SMILES string of the molecule is C#C.CC.CCC(C)(C)NCCN=O.C\C=C/C=C(\C=C/C)CN1CCCC1. The highest BCUT2D eigenvalue weighted by Gasteiger charge is 2.12. The number of nitrogens with one attached hydrogen (secondary N) is 1. The van der Waals surface area contributed by atoms with Crippen LogP contribution in [0.1, 0.15) is 67.7 Å². The van der Waals surface area contributed by atoms with Gasteiger partial charge in [-0.3, -0.25) is 4.90 Å². The molecule has 0 atom stereocenters. The number of rotatable bonds is 9. The topological polar surface area (TPSA) is 44.7 Å². The van der Waals surface area contributed by atoms with Crippen molar-refractivity contribution in [3.8, 4) is 12.8 Å². The van der Waals surface area contributed by atoms with Gasteiger partial charge in [0.25, 0.3) is 0 Å². The number of hydrogen-bond acceptors (Lipinski definition) is 4. The van der Waals surface area contributed by atoms with Gasteiger partial charge in [-0.1, -0.05) is 56.3 Å². The van der Waals surface area contributed by atoms with Crippen LogP contribution in [-0.4, -0.2) is 43.2 Å². The highest BCUT2D eigenvalue weighted by molar-refractivity contribution is 5.24. The fourth-order valence-corrected chi connectivity index (χ4v) is 2.36. The van der Waals surface area contributed by atoms with Crippen LogP contribution in [0.3, 0.4) is 0 Å². The Morgan fingerprint density at radius 2 is 1.71 bits per heavy atom. The summed E-state index contributed by atoms with van der Waals surface area (Å²) in [5.41, 5.74) is 1.55. The number of terminal acetylenes is 1. The summed E-state index contributed by atoms with van der Waals surface area (Å²) in [6.07, 6.45) is 22.5. The first-order chi connectivity index (χ1) is 13.5. The van der Waals surface area contributed by atoms with E-state index in [1.54, 1.807) is 0 Å². The molecule has 1 saturated heterocycles. The van der Waals surface area contributed by atoms with E-state index < -0.39 is 0 Å². The molecule has 4 heteroatoms. The molecule has 0 bridgehead atoms. The summed E-state index contributed by atoms with van der Waals surface area (Å²) in [6.45, 7) is 19.2. The molecule has 1 aliphatic rings. The molecule has 0 saturated carbocycles. The molecule has 0 radical (unpaired) electrons. The summed E-state index contributed by atoms with van der Waals surface area (Å²) in [4.78, 5) is 12.2. The van der Waals surface area contributed by atoms with Gasteiger partial charge in [-0.2, -0.15) is 4.91 Å². The molecule has 4 nitrogen and oxygen atoms in total. The van der Waals surface area contributed by atoms with Crippen molar-refractivity contribution in [3.63, 3.8) is 0 Å². The Kier molecular flexibility index (Phi) is 25.8. The van der Waals surface area contributed by atoms with E-state index in [-0.39, 0.29) is 5.54 Å². The van der Waals surface area contributed by atoms with Crippen molar-refractivity contribution in [2.24, 2.45) is 5.18 Å². The van der Waals surface area contributed by atoms with Gasteiger partial charge < -0.3 is 5.32 Å². The Bertz CT molecular complexity index is 442. The van der Waals surface area contributed by atoms with Crippen LogP contribution < -0.4 is 5.32 Å². The molecule has 0 aliphatic carbocycles. The minimum Gasteiger partial charge on any atom is -0.310 e. The molecule has 0 aromatic heterocycles. The van der Waals surface area contributed by atoms with E-state index in [0.29, 0.717) is 13.1 Å². The lowest BCUT2D eigenvalue weighted by Crippen LogP contribution is -2.39. The standard InChI is InChI=1S/C13H21N.C7H16N2O.C2H6.C2H2/c1-3-5-9-13(8-4-2)12-14-10-6-7-11-14;1-4-7(2,3)8-5-6-9-10;2*1-2/h3-5,8-9H,6-7,10-12H2,1-2H3;8H,4-6H2,1-3H3;1-2H3;1-2H/b5-3-,8-4-,13-9+;;;. The summed E-state index contributed by atoms with van der Waals surface area (Å²) in [7, 11) is 0. The van der Waals surface area contributed by atoms with Gasteiger partial charge in [0.15, 0.2) is 0 Å². The van der Waals surface area contributed by atoms with Crippen LogP contribution in [0.2, 0.25) is 0 Å². The van der Waals surface area contributed by atoms with Crippen molar-refractivity contribution in [2.45, 2.75) is 73.3 Å². The quantitative estimate of drug-likeness (QED) is 0.228. The van der Waals surface area contributed by atoms with E-state index in [2.05, 4.69) is 93.2 Å². The van der Waals surface area contributed by atoms with E-state index in [4.69, 9.17) is 0 Å². The number of likely N-dealkylation sites (tertiary alicyclic amines) is 1. The summed E-state index contributed by atoms with van der Waals surface area (Å²) in [5, 5.41) is 5.98. The largest absolute Gasteiger partial charge is 0.310 e. The molecule has 1 rings (SSSR count). The Morgan fingerprint density at radius 3 is 2.14 bits per heavy atom. The number of nitrogens with zero attached hydrogens (tertiary/aromatic N) is 2. The highest BCUT2D eigenvalue weighted by Crippen LogP contribution is 2.11. The molecular weight excluding hydrogens is 346 g/mol. The maximum Gasteiger partial charge on any atom is 0.0935 e. The van der Waals surface area contributed by atoms with Gasteiger partial charge >= 0.3 is 0 Å². The minimum absolute atomic E-state index is 0.144. The third kappa shape index (κ3) is 20.6. The molecule has 1 heterocycles. The fraction of sp³-hybridized carbons (Fsp3) is 0.667. The van der Waals surface area contributed by atoms with Crippen molar-refractivity contribution < 1.29 is 0 Å². The lowest BCUT2D eigenvalue weighted by atomic mass is 10.0. The maximum atomic E-state index is 9.69. The van der Waals surface area contributed by atoms with Crippen LogP contribution in [-0.2, 0) is 0 Å². The van der Waals surface area contributed by atoms with E-state index in [9.17, 15) is 4.91 Å². The van der Waals surface area contributed by atoms with Gasteiger partial charge in [-0.25, -0.2) is 0 Å². The second-order valence-electron chi connectivity index (χ2n) is 6.77. The zero-order chi connectivity index (χ0) is 22.3. The second kappa shape index (κ2) is 23.3. The third-order valence-corrected chi connectivity index (χ3v) is 4.18. The van der Waals surface area contributed by atoms with Crippen LogP contribution in [0, 0.1) is 17.8 Å². The van der Waals surface area contributed by atoms with E-state index >= 15 is 0 Å². The van der Waals surface area contributed by atoms with Crippen LogP contribution in [0.5, 0.6) is 0 Å². The van der Waals surface area contributed by atoms with Gasteiger partial charge in [0.05, 0.1) is 6.54 Å². The van der Waals surface area contributed by atoms with Crippen LogP contribution in [0.15, 0.2) is 41.1 Å². The molecule has 28 heavy (non-hydrogen) atoms. The highest BCUT2D eigenvalue weighted by atomic mass is 16.3. The number of hydrogen-bond donors (Lipinski definition) is 1. The van der Waals surface area contributed by atoms with Crippen molar-refractivity contribution in [1.29, 1.82) is 0 Å². The van der Waals surface area contributed by atoms with Crippen molar-refractivity contribution in [1.82, 2.24) is 10.2 Å². The molecule has 1 fully saturated rings.